The number of amides is 3. The molecule has 0 aromatic heterocycles. The summed E-state index contributed by atoms with van der Waals surface area (Å²) in [6.45, 7) is 6.44. The van der Waals surface area contributed by atoms with Gasteiger partial charge in [-0.1, -0.05) is 13.8 Å². The topological polar surface area (TPSA) is 69.9 Å². The van der Waals surface area contributed by atoms with E-state index in [1.807, 2.05) is 18.7 Å². The van der Waals surface area contributed by atoms with Crippen molar-refractivity contribution in [1.29, 1.82) is 0 Å². The van der Waals surface area contributed by atoms with Crippen LogP contribution in [0, 0.1) is 5.92 Å². The number of nitrogens with zero attached hydrogens (tertiary/aromatic N) is 3. The average Bonchev–Trinajstić information content (AvgIpc) is 2.21. The standard InChI is InChI=1S/C13H24N4O2/c1-9(2)10(11(14)18)16(4)12(19)17-6-5-13(17)7-15(3)8-13/h9-10H,5-8H2,1-4H3,(H2,14,18). The summed E-state index contributed by atoms with van der Waals surface area (Å²) < 4.78 is 0. The van der Waals surface area contributed by atoms with Crippen molar-refractivity contribution in [3.63, 3.8) is 0 Å². The second kappa shape index (κ2) is 4.67. The first-order chi connectivity index (χ1) is 8.78. The maximum atomic E-state index is 12.5. The number of carbonyl (C=O) groups excluding carboxylic acids is 2. The first kappa shape index (κ1) is 14.1. The van der Waals surface area contributed by atoms with Gasteiger partial charge in [-0.3, -0.25) is 4.79 Å². The highest BCUT2D eigenvalue weighted by atomic mass is 16.2. The van der Waals surface area contributed by atoms with Crippen LogP contribution in [0.3, 0.4) is 0 Å². The number of urea groups is 1. The number of likely N-dealkylation sites (tertiary alicyclic amines) is 2. The maximum Gasteiger partial charge on any atom is 0.320 e. The number of rotatable bonds is 3. The van der Waals surface area contributed by atoms with Crippen molar-refractivity contribution in [2.24, 2.45) is 11.7 Å². The molecule has 2 aliphatic heterocycles. The zero-order chi connectivity index (χ0) is 14.4. The Morgan fingerprint density at radius 3 is 2.21 bits per heavy atom. The van der Waals surface area contributed by atoms with E-state index >= 15 is 0 Å². The molecule has 2 heterocycles. The van der Waals surface area contributed by atoms with Gasteiger partial charge in [-0.15, -0.1) is 0 Å². The Kier molecular flexibility index (Phi) is 3.47. The molecular formula is C13H24N4O2. The van der Waals surface area contributed by atoms with Crippen LogP contribution in [0.5, 0.6) is 0 Å². The van der Waals surface area contributed by atoms with Gasteiger partial charge in [-0.05, 0) is 19.4 Å². The van der Waals surface area contributed by atoms with Gasteiger partial charge < -0.3 is 20.4 Å². The van der Waals surface area contributed by atoms with Crippen LogP contribution in [0.15, 0.2) is 0 Å². The molecule has 0 aromatic rings. The van der Waals surface area contributed by atoms with Gasteiger partial charge in [0.2, 0.25) is 5.91 Å². The molecule has 0 aromatic carbocycles. The molecule has 3 amide bonds. The largest absolute Gasteiger partial charge is 0.368 e. The fraction of sp³-hybridized carbons (Fsp3) is 0.846. The van der Waals surface area contributed by atoms with E-state index in [9.17, 15) is 9.59 Å². The SMILES string of the molecule is CC(C)C(C(N)=O)N(C)C(=O)N1CCC12CN(C)C2. The zero-order valence-corrected chi connectivity index (χ0v) is 12.2. The summed E-state index contributed by atoms with van der Waals surface area (Å²) in [5, 5.41) is 0. The molecule has 2 rings (SSSR count). The number of carbonyl (C=O) groups is 2. The van der Waals surface area contributed by atoms with Crippen LogP contribution in [-0.2, 0) is 4.79 Å². The molecule has 6 nitrogen and oxygen atoms in total. The molecule has 2 saturated heterocycles. The lowest BCUT2D eigenvalue weighted by molar-refractivity contribution is -0.125. The molecule has 1 spiro atoms. The molecule has 2 N–H and O–H groups in total. The van der Waals surface area contributed by atoms with Crippen LogP contribution in [-0.4, -0.2) is 71.9 Å². The van der Waals surface area contributed by atoms with Crippen LogP contribution >= 0.6 is 0 Å². The fourth-order valence-corrected chi connectivity index (χ4v) is 3.40. The summed E-state index contributed by atoms with van der Waals surface area (Å²) in [6.07, 6.45) is 1.06. The van der Waals surface area contributed by atoms with Gasteiger partial charge in [0, 0.05) is 26.7 Å². The fourth-order valence-electron chi connectivity index (χ4n) is 3.40. The molecule has 2 fully saturated rings. The van der Waals surface area contributed by atoms with Gasteiger partial charge in [0.1, 0.15) is 6.04 Å². The minimum atomic E-state index is -0.539. The third kappa shape index (κ3) is 2.18. The van der Waals surface area contributed by atoms with Gasteiger partial charge in [-0.2, -0.15) is 0 Å². The lowest BCUT2D eigenvalue weighted by Gasteiger charge is -2.62. The summed E-state index contributed by atoms with van der Waals surface area (Å²) in [5.41, 5.74) is 5.43. The van der Waals surface area contributed by atoms with Gasteiger partial charge in [-0.25, -0.2) is 4.79 Å². The van der Waals surface area contributed by atoms with Gasteiger partial charge in [0.05, 0.1) is 5.54 Å². The number of hydrogen-bond acceptors (Lipinski definition) is 3. The lowest BCUT2D eigenvalue weighted by atomic mass is 9.78. The number of nitrogens with two attached hydrogens (primary N) is 1. The summed E-state index contributed by atoms with van der Waals surface area (Å²) >= 11 is 0. The first-order valence-electron chi connectivity index (χ1n) is 6.81. The highest BCUT2D eigenvalue weighted by molar-refractivity contribution is 5.86. The molecular weight excluding hydrogens is 244 g/mol. The van der Waals surface area contributed by atoms with Crippen LogP contribution in [0.4, 0.5) is 4.79 Å². The Morgan fingerprint density at radius 2 is 1.89 bits per heavy atom. The van der Waals surface area contributed by atoms with Crippen LogP contribution in [0.1, 0.15) is 20.3 Å². The van der Waals surface area contributed by atoms with Crippen molar-refractivity contribution in [2.45, 2.75) is 31.8 Å². The first-order valence-corrected chi connectivity index (χ1v) is 6.81. The Morgan fingerprint density at radius 1 is 1.32 bits per heavy atom. The second-order valence-corrected chi connectivity index (χ2v) is 6.28. The summed E-state index contributed by atoms with van der Waals surface area (Å²) in [6, 6.07) is -0.611. The number of hydrogen-bond donors (Lipinski definition) is 1. The van der Waals surface area contributed by atoms with Crippen molar-refractivity contribution in [3.8, 4) is 0 Å². The van der Waals surface area contributed by atoms with Crippen molar-refractivity contribution in [1.82, 2.24) is 14.7 Å². The minimum Gasteiger partial charge on any atom is -0.368 e. The van der Waals surface area contributed by atoms with E-state index in [4.69, 9.17) is 5.73 Å². The third-order valence-corrected chi connectivity index (χ3v) is 4.37. The molecule has 1 unspecified atom stereocenters. The number of primary amides is 1. The average molecular weight is 268 g/mol. The Labute approximate surface area is 114 Å². The molecule has 19 heavy (non-hydrogen) atoms. The van der Waals surface area contributed by atoms with Gasteiger partial charge >= 0.3 is 6.03 Å². The zero-order valence-electron chi connectivity index (χ0n) is 12.2. The van der Waals surface area contributed by atoms with E-state index in [1.54, 1.807) is 7.05 Å². The van der Waals surface area contributed by atoms with Crippen molar-refractivity contribution in [2.75, 3.05) is 33.7 Å². The molecule has 0 bridgehead atoms. The van der Waals surface area contributed by atoms with E-state index in [-0.39, 0.29) is 17.5 Å². The lowest BCUT2D eigenvalue weighted by Crippen LogP contribution is -2.78. The van der Waals surface area contributed by atoms with Crippen LogP contribution in [0.2, 0.25) is 0 Å². The van der Waals surface area contributed by atoms with Crippen LogP contribution < -0.4 is 5.73 Å². The predicted molar refractivity (Wildman–Crippen MR) is 72.5 cm³/mol. The van der Waals surface area contributed by atoms with Gasteiger partial charge in [0.25, 0.3) is 0 Å². The predicted octanol–water partition coefficient (Wildman–Crippen LogP) is -0.0620. The third-order valence-electron chi connectivity index (χ3n) is 4.37. The monoisotopic (exact) mass is 268 g/mol. The molecule has 6 heteroatoms. The molecule has 0 aliphatic carbocycles. The number of likely N-dealkylation sites (N-methyl/N-ethyl adjacent to an activating group) is 2. The van der Waals surface area contributed by atoms with E-state index in [0.29, 0.717) is 0 Å². The van der Waals surface area contributed by atoms with E-state index in [2.05, 4.69) is 11.9 Å². The highest BCUT2D eigenvalue weighted by Gasteiger charge is 2.55. The van der Waals surface area contributed by atoms with Gasteiger partial charge in [0.15, 0.2) is 0 Å². The van der Waals surface area contributed by atoms with E-state index in [0.717, 1.165) is 26.1 Å². The molecule has 0 saturated carbocycles. The summed E-state index contributed by atoms with van der Waals surface area (Å²) in [7, 11) is 3.72. The van der Waals surface area contributed by atoms with Crippen LogP contribution in [0.25, 0.3) is 0 Å². The Hall–Kier alpha value is -1.30. The highest BCUT2D eigenvalue weighted by Crippen LogP contribution is 2.39. The Balaban J connectivity index is 2.05. The minimum absolute atomic E-state index is 0.0132. The normalized spacial score (nSPS) is 22.9. The summed E-state index contributed by atoms with van der Waals surface area (Å²) in [5.74, 6) is -0.418. The molecule has 1 atom stereocenters. The Bertz CT molecular complexity index is 390. The summed E-state index contributed by atoms with van der Waals surface area (Å²) in [4.78, 5) is 29.6. The van der Waals surface area contributed by atoms with E-state index < -0.39 is 11.9 Å². The van der Waals surface area contributed by atoms with E-state index in [1.165, 1.54) is 4.90 Å². The smallest absolute Gasteiger partial charge is 0.320 e. The maximum absolute atomic E-state index is 12.5. The van der Waals surface area contributed by atoms with Crippen molar-refractivity contribution in [3.05, 3.63) is 0 Å². The molecule has 2 aliphatic rings. The molecule has 108 valence electrons. The molecule has 0 radical (unpaired) electrons. The quantitative estimate of drug-likeness (QED) is 0.779. The second-order valence-electron chi connectivity index (χ2n) is 6.28. The van der Waals surface area contributed by atoms with Crippen molar-refractivity contribution < 1.29 is 9.59 Å². The van der Waals surface area contributed by atoms with Crippen molar-refractivity contribution >= 4 is 11.9 Å².